The van der Waals surface area contributed by atoms with Gasteiger partial charge in [-0.3, -0.25) is 0 Å². The molecule has 0 radical (unpaired) electrons. The maximum atomic E-state index is 10.6. The van der Waals surface area contributed by atoms with Gasteiger partial charge in [0.2, 0.25) is 0 Å². The predicted octanol–water partition coefficient (Wildman–Crippen LogP) is 4.23. The number of hydrogen-bond donors (Lipinski definition) is 2. The van der Waals surface area contributed by atoms with E-state index in [1.54, 1.807) is 0 Å². The minimum Gasteiger partial charge on any atom is -0.465 e. The highest BCUT2D eigenvalue weighted by Crippen LogP contribution is 2.37. The Hall–Kier alpha value is -2.20. The van der Waals surface area contributed by atoms with Crippen molar-refractivity contribution in [3.63, 3.8) is 0 Å². The number of amides is 1. The van der Waals surface area contributed by atoms with E-state index >= 15 is 0 Å². The molecule has 2 N–H and O–H groups in total. The first-order valence-electron chi connectivity index (χ1n) is 7.76. The number of carbonyl (C=O) groups is 1. The first kappa shape index (κ1) is 15.7. The van der Waals surface area contributed by atoms with Gasteiger partial charge in [0.25, 0.3) is 0 Å². The second-order valence-corrected chi connectivity index (χ2v) is 6.08. The summed E-state index contributed by atoms with van der Waals surface area (Å²) < 4.78 is 0. The van der Waals surface area contributed by atoms with Crippen LogP contribution in [0.2, 0.25) is 5.02 Å². The van der Waals surface area contributed by atoms with Crippen LogP contribution < -0.4 is 10.2 Å². The zero-order chi connectivity index (χ0) is 16.2. The van der Waals surface area contributed by atoms with Gasteiger partial charge in [0.1, 0.15) is 0 Å². The summed E-state index contributed by atoms with van der Waals surface area (Å²) in [4.78, 5) is 12.9. The summed E-state index contributed by atoms with van der Waals surface area (Å²) in [5.41, 5.74) is 4.89. The van der Waals surface area contributed by atoms with Crippen molar-refractivity contribution in [2.45, 2.75) is 19.3 Å². The van der Waals surface area contributed by atoms with Crippen molar-refractivity contribution in [2.24, 2.45) is 0 Å². The van der Waals surface area contributed by atoms with Gasteiger partial charge < -0.3 is 15.3 Å². The van der Waals surface area contributed by atoms with Crippen molar-refractivity contribution < 1.29 is 9.90 Å². The quantitative estimate of drug-likeness (QED) is 0.825. The number of anilines is 2. The van der Waals surface area contributed by atoms with Crippen LogP contribution in [0.25, 0.3) is 0 Å². The average molecular weight is 331 g/mol. The topological polar surface area (TPSA) is 52.6 Å². The lowest BCUT2D eigenvalue weighted by molar-refractivity contribution is 0.194. The number of benzene rings is 2. The molecule has 0 spiro atoms. The molecule has 0 atom stereocenters. The van der Waals surface area contributed by atoms with Gasteiger partial charge in [-0.15, -0.1) is 0 Å². The van der Waals surface area contributed by atoms with Crippen molar-refractivity contribution in [1.29, 1.82) is 0 Å². The van der Waals surface area contributed by atoms with Gasteiger partial charge in [0.05, 0.1) is 0 Å². The van der Waals surface area contributed by atoms with Crippen LogP contribution in [-0.2, 0) is 12.8 Å². The number of nitrogens with one attached hydrogen (secondary N) is 1. The number of para-hydroxylation sites is 1. The van der Waals surface area contributed by atoms with E-state index in [-0.39, 0.29) is 0 Å². The Morgan fingerprint density at radius 2 is 1.87 bits per heavy atom. The summed E-state index contributed by atoms with van der Waals surface area (Å²) in [6.45, 7) is 1.18. The van der Waals surface area contributed by atoms with Crippen LogP contribution in [0.1, 0.15) is 17.5 Å². The minimum absolute atomic E-state index is 0.434. The normalized spacial score (nSPS) is 13.0. The second kappa shape index (κ2) is 6.92. The fourth-order valence-electron chi connectivity index (χ4n) is 3.06. The molecule has 0 bridgehead atoms. The van der Waals surface area contributed by atoms with Gasteiger partial charge in [0.15, 0.2) is 0 Å². The predicted molar refractivity (Wildman–Crippen MR) is 93.0 cm³/mol. The van der Waals surface area contributed by atoms with Gasteiger partial charge >= 0.3 is 6.09 Å². The number of halogens is 1. The minimum atomic E-state index is -0.982. The molecule has 0 aromatic heterocycles. The number of hydrogen-bond acceptors (Lipinski definition) is 2. The van der Waals surface area contributed by atoms with E-state index in [4.69, 9.17) is 16.7 Å². The molecular weight excluding hydrogens is 312 g/mol. The standard InChI is InChI=1S/C18H19ClN2O2/c19-15-9-8-14-7-6-13-4-1-2-5-16(13)21(17(14)12-15)11-3-10-20-18(22)23/h1-2,4-5,8-9,12,20H,3,6-7,10-11H2,(H,22,23). The summed E-state index contributed by atoms with van der Waals surface area (Å²) in [5, 5.41) is 11.8. The third-order valence-corrected chi connectivity index (χ3v) is 4.35. The molecule has 1 heterocycles. The first-order chi connectivity index (χ1) is 11.1. The van der Waals surface area contributed by atoms with Crippen molar-refractivity contribution in [1.82, 2.24) is 5.32 Å². The van der Waals surface area contributed by atoms with Crippen LogP contribution in [0.3, 0.4) is 0 Å². The Kier molecular flexibility index (Phi) is 4.72. The molecule has 1 aliphatic rings. The van der Waals surface area contributed by atoms with Crippen molar-refractivity contribution in [3.05, 3.63) is 58.6 Å². The zero-order valence-electron chi connectivity index (χ0n) is 12.8. The first-order valence-corrected chi connectivity index (χ1v) is 8.13. The Morgan fingerprint density at radius 1 is 1.13 bits per heavy atom. The highest BCUT2D eigenvalue weighted by molar-refractivity contribution is 6.30. The molecule has 1 aliphatic heterocycles. The van der Waals surface area contributed by atoms with E-state index in [9.17, 15) is 4.79 Å². The molecule has 4 nitrogen and oxygen atoms in total. The maximum Gasteiger partial charge on any atom is 0.404 e. The van der Waals surface area contributed by atoms with Crippen molar-refractivity contribution in [2.75, 3.05) is 18.0 Å². The van der Waals surface area contributed by atoms with E-state index < -0.39 is 6.09 Å². The van der Waals surface area contributed by atoms with Gasteiger partial charge in [-0.05, 0) is 48.6 Å². The highest BCUT2D eigenvalue weighted by Gasteiger charge is 2.20. The molecule has 3 rings (SSSR count). The highest BCUT2D eigenvalue weighted by atomic mass is 35.5. The van der Waals surface area contributed by atoms with E-state index in [0.29, 0.717) is 6.54 Å². The Balaban J connectivity index is 1.91. The maximum absolute atomic E-state index is 10.6. The molecule has 120 valence electrons. The summed E-state index contributed by atoms with van der Waals surface area (Å²) in [5.74, 6) is 0. The van der Waals surface area contributed by atoms with Gasteiger partial charge in [-0.25, -0.2) is 4.79 Å². The third-order valence-electron chi connectivity index (χ3n) is 4.12. The van der Waals surface area contributed by atoms with Crippen molar-refractivity contribution >= 4 is 29.1 Å². The van der Waals surface area contributed by atoms with Crippen LogP contribution in [0, 0.1) is 0 Å². The Bertz CT molecular complexity index is 718. The molecule has 1 amide bonds. The lowest BCUT2D eigenvalue weighted by atomic mass is 10.0. The van der Waals surface area contributed by atoms with Crippen LogP contribution in [0.5, 0.6) is 0 Å². The van der Waals surface area contributed by atoms with Crippen LogP contribution in [0.4, 0.5) is 16.2 Å². The molecule has 0 aliphatic carbocycles. The molecule has 0 unspecified atom stereocenters. The SMILES string of the molecule is O=C(O)NCCCN1c2ccccc2CCc2ccc(Cl)cc21. The fraction of sp³-hybridized carbons (Fsp3) is 0.278. The smallest absolute Gasteiger partial charge is 0.404 e. The van der Waals surface area contributed by atoms with Gasteiger partial charge in [-0.1, -0.05) is 35.9 Å². The zero-order valence-corrected chi connectivity index (χ0v) is 13.5. The largest absolute Gasteiger partial charge is 0.465 e. The number of nitrogens with zero attached hydrogens (tertiary/aromatic N) is 1. The van der Waals surface area contributed by atoms with Gasteiger partial charge in [0, 0.05) is 29.5 Å². The molecular formula is C18H19ClN2O2. The molecule has 0 saturated heterocycles. The van der Waals surface area contributed by atoms with Crippen LogP contribution >= 0.6 is 11.6 Å². The molecule has 0 saturated carbocycles. The average Bonchev–Trinajstić information content (AvgIpc) is 2.68. The summed E-state index contributed by atoms with van der Waals surface area (Å²) >= 11 is 6.21. The van der Waals surface area contributed by atoms with E-state index in [2.05, 4.69) is 34.5 Å². The lowest BCUT2D eigenvalue weighted by Crippen LogP contribution is -2.27. The van der Waals surface area contributed by atoms with Gasteiger partial charge in [-0.2, -0.15) is 0 Å². The Morgan fingerprint density at radius 3 is 2.65 bits per heavy atom. The summed E-state index contributed by atoms with van der Waals surface area (Å²) in [6.07, 6.45) is 1.72. The fourth-order valence-corrected chi connectivity index (χ4v) is 3.22. The number of fused-ring (bicyclic) bond motifs is 2. The van der Waals surface area contributed by atoms with E-state index in [1.165, 1.54) is 16.8 Å². The van der Waals surface area contributed by atoms with E-state index in [0.717, 1.165) is 36.5 Å². The van der Waals surface area contributed by atoms with Crippen LogP contribution in [-0.4, -0.2) is 24.3 Å². The molecule has 2 aromatic rings. The van der Waals surface area contributed by atoms with Crippen molar-refractivity contribution in [3.8, 4) is 0 Å². The number of aryl methyl sites for hydroxylation is 2. The van der Waals surface area contributed by atoms with E-state index in [1.807, 2.05) is 18.2 Å². The number of carboxylic acid groups (broad SMARTS) is 1. The molecule has 23 heavy (non-hydrogen) atoms. The summed E-state index contributed by atoms with van der Waals surface area (Å²) in [7, 11) is 0. The van der Waals surface area contributed by atoms with Crippen LogP contribution in [0.15, 0.2) is 42.5 Å². The number of rotatable bonds is 4. The lowest BCUT2D eigenvalue weighted by Gasteiger charge is -2.27. The summed E-state index contributed by atoms with van der Waals surface area (Å²) in [6, 6.07) is 14.4. The molecule has 2 aromatic carbocycles. The Labute approximate surface area is 140 Å². The molecule has 5 heteroatoms. The monoisotopic (exact) mass is 330 g/mol. The second-order valence-electron chi connectivity index (χ2n) is 5.64. The molecule has 0 fully saturated rings. The third kappa shape index (κ3) is 3.59.